The first-order valence-corrected chi connectivity index (χ1v) is 9.04. The molecule has 7 nitrogen and oxygen atoms in total. The van der Waals surface area contributed by atoms with E-state index in [-0.39, 0.29) is 5.91 Å². The Kier molecular flexibility index (Phi) is 8.28. The number of hydrogen-bond acceptors (Lipinski definition) is 4. The third kappa shape index (κ3) is 7.75. The van der Waals surface area contributed by atoms with Crippen LogP contribution in [-0.2, 0) is 22.0 Å². The molecule has 0 heterocycles. The number of hydrogen-bond donors (Lipinski definition) is 4. The molecule has 1 unspecified atom stereocenters. The van der Waals surface area contributed by atoms with Gasteiger partial charge in [-0.1, -0.05) is 18.2 Å². The number of carbonyl (C=O) groups is 2. The van der Waals surface area contributed by atoms with Gasteiger partial charge in [-0.05, 0) is 30.9 Å². The highest BCUT2D eigenvalue weighted by atomic mass is 32.2. The highest BCUT2D eigenvalue weighted by Gasteiger charge is 2.15. The van der Waals surface area contributed by atoms with Gasteiger partial charge in [0.2, 0.25) is 5.91 Å². The summed E-state index contributed by atoms with van der Waals surface area (Å²) in [6, 6.07) is 6.61. The zero-order valence-corrected chi connectivity index (χ0v) is 13.9. The summed E-state index contributed by atoms with van der Waals surface area (Å²) in [4.78, 5) is 22.5. The van der Waals surface area contributed by atoms with E-state index in [1.807, 2.05) is 12.1 Å². The van der Waals surface area contributed by atoms with Crippen molar-refractivity contribution in [2.45, 2.75) is 25.3 Å². The Balaban J connectivity index is 2.57. The van der Waals surface area contributed by atoms with Gasteiger partial charge in [-0.15, -0.1) is 0 Å². The maximum Gasteiger partial charge on any atom is 0.404 e. The molecular formula is C15H23N3O4S. The van der Waals surface area contributed by atoms with Crippen molar-refractivity contribution < 1.29 is 18.9 Å². The van der Waals surface area contributed by atoms with Crippen LogP contribution in [0.3, 0.4) is 0 Å². The monoisotopic (exact) mass is 341 g/mol. The minimum atomic E-state index is -1.05. The molecule has 0 radical (unpaired) electrons. The van der Waals surface area contributed by atoms with Crippen LogP contribution in [0.5, 0.6) is 0 Å². The van der Waals surface area contributed by atoms with E-state index in [0.717, 1.165) is 5.56 Å². The van der Waals surface area contributed by atoms with E-state index in [0.29, 0.717) is 37.2 Å². The number of benzene rings is 1. The molecule has 0 saturated carbocycles. The molecular weight excluding hydrogens is 318 g/mol. The Bertz CT molecular complexity index is 565. The molecule has 1 rings (SSSR count). The zero-order valence-electron chi connectivity index (χ0n) is 13.1. The van der Waals surface area contributed by atoms with Crippen LogP contribution in [0.1, 0.15) is 18.4 Å². The molecule has 0 saturated heterocycles. The van der Waals surface area contributed by atoms with Crippen LogP contribution < -0.4 is 16.4 Å². The van der Waals surface area contributed by atoms with E-state index in [1.165, 1.54) is 0 Å². The Hall–Kier alpha value is -1.93. The molecule has 0 spiro atoms. The van der Waals surface area contributed by atoms with Crippen molar-refractivity contribution in [1.82, 2.24) is 5.32 Å². The molecule has 1 aromatic carbocycles. The number of anilines is 1. The van der Waals surface area contributed by atoms with Gasteiger partial charge in [0.1, 0.15) is 0 Å². The van der Waals surface area contributed by atoms with Gasteiger partial charge in [0.05, 0.1) is 6.04 Å². The summed E-state index contributed by atoms with van der Waals surface area (Å²) < 4.78 is 11.1. The second kappa shape index (κ2) is 9.96. The molecule has 2 amide bonds. The first kappa shape index (κ1) is 19.1. The van der Waals surface area contributed by atoms with Crippen LogP contribution in [0.25, 0.3) is 0 Å². The number of carboxylic acid groups (broad SMARTS) is 1. The summed E-state index contributed by atoms with van der Waals surface area (Å²) in [5.74, 6) is 0.0726. The lowest BCUT2D eigenvalue weighted by molar-refractivity contribution is -0.117. The Morgan fingerprint density at radius 1 is 1.35 bits per heavy atom. The van der Waals surface area contributed by atoms with Crippen LogP contribution in [0, 0.1) is 0 Å². The normalized spacial score (nSPS) is 13.1. The molecule has 5 N–H and O–H groups in total. The third-order valence-electron chi connectivity index (χ3n) is 3.23. The summed E-state index contributed by atoms with van der Waals surface area (Å²) in [6.07, 6.45) is 2.14. The van der Waals surface area contributed by atoms with Gasteiger partial charge in [0.15, 0.2) is 0 Å². The average molecular weight is 341 g/mol. The topological polar surface area (TPSA) is 122 Å². The minimum Gasteiger partial charge on any atom is -0.465 e. The summed E-state index contributed by atoms with van der Waals surface area (Å²) in [5, 5.41) is 13.6. The second-order valence-electron chi connectivity index (χ2n) is 5.15. The lowest BCUT2D eigenvalue weighted by Crippen LogP contribution is -2.36. The Labute approximate surface area is 138 Å². The number of carbonyl (C=O) groups excluding carboxylic acids is 1. The molecule has 0 bridgehead atoms. The fraction of sp³-hybridized carbons (Fsp3) is 0.467. The number of para-hydroxylation sites is 1. The van der Waals surface area contributed by atoms with Crippen LogP contribution >= 0.6 is 0 Å². The van der Waals surface area contributed by atoms with Gasteiger partial charge in [0, 0.05) is 35.0 Å². The average Bonchev–Trinajstić information content (AvgIpc) is 2.50. The van der Waals surface area contributed by atoms with Gasteiger partial charge in [-0.25, -0.2) is 4.79 Å². The van der Waals surface area contributed by atoms with E-state index in [2.05, 4.69) is 10.6 Å². The number of aryl methyl sites for hydroxylation is 1. The summed E-state index contributed by atoms with van der Waals surface area (Å²) >= 11 is 0. The standard InChI is InChI=1S/C15H23N3O4S/c1-23(22)10-8-12(16)14(19)18-13-7-3-2-5-11(13)6-4-9-17-15(20)21/h2-3,5,7,12,17H,4,6,8-10,16H2,1H3,(H,18,19)(H,20,21)/t12-,23?/m1/s1. The largest absolute Gasteiger partial charge is 0.465 e. The number of nitrogens with one attached hydrogen (secondary N) is 2. The molecule has 0 fully saturated rings. The maximum absolute atomic E-state index is 12.1. The second-order valence-corrected chi connectivity index (χ2v) is 6.71. The quantitative estimate of drug-likeness (QED) is 0.498. The van der Waals surface area contributed by atoms with Crippen molar-refractivity contribution in [3.8, 4) is 0 Å². The number of rotatable bonds is 9. The van der Waals surface area contributed by atoms with Crippen molar-refractivity contribution in [3.05, 3.63) is 29.8 Å². The lowest BCUT2D eigenvalue weighted by Gasteiger charge is -2.14. The fourth-order valence-electron chi connectivity index (χ4n) is 1.98. The summed E-state index contributed by atoms with van der Waals surface area (Å²) in [5.41, 5.74) is 7.38. The molecule has 128 valence electrons. The maximum atomic E-state index is 12.1. The predicted octanol–water partition coefficient (Wildman–Crippen LogP) is 0.921. The van der Waals surface area contributed by atoms with Gasteiger partial charge in [-0.2, -0.15) is 0 Å². The number of nitrogens with two attached hydrogens (primary N) is 1. The molecule has 23 heavy (non-hydrogen) atoms. The van der Waals surface area contributed by atoms with Crippen LogP contribution in [0.2, 0.25) is 0 Å². The molecule has 8 heteroatoms. The van der Waals surface area contributed by atoms with Crippen molar-refractivity contribution >= 4 is 28.5 Å². The van der Waals surface area contributed by atoms with Gasteiger partial charge in [0.25, 0.3) is 0 Å². The van der Waals surface area contributed by atoms with Crippen molar-refractivity contribution in [2.24, 2.45) is 5.73 Å². The van der Waals surface area contributed by atoms with E-state index >= 15 is 0 Å². The third-order valence-corrected chi connectivity index (χ3v) is 4.04. The molecule has 0 aromatic heterocycles. The van der Waals surface area contributed by atoms with Crippen LogP contribution in [-0.4, -0.2) is 45.9 Å². The van der Waals surface area contributed by atoms with Crippen molar-refractivity contribution in [2.75, 3.05) is 23.9 Å². The van der Waals surface area contributed by atoms with Crippen LogP contribution in [0.4, 0.5) is 10.5 Å². The Morgan fingerprint density at radius 2 is 2.04 bits per heavy atom. The molecule has 2 atom stereocenters. The van der Waals surface area contributed by atoms with E-state index in [9.17, 15) is 13.8 Å². The zero-order chi connectivity index (χ0) is 17.2. The van der Waals surface area contributed by atoms with Crippen molar-refractivity contribution in [3.63, 3.8) is 0 Å². The molecule has 0 aliphatic rings. The first-order valence-electron chi connectivity index (χ1n) is 7.31. The number of amides is 2. The van der Waals surface area contributed by atoms with Crippen LogP contribution in [0.15, 0.2) is 24.3 Å². The highest BCUT2D eigenvalue weighted by Crippen LogP contribution is 2.17. The van der Waals surface area contributed by atoms with E-state index in [1.54, 1.807) is 18.4 Å². The first-order chi connectivity index (χ1) is 10.9. The predicted molar refractivity (Wildman–Crippen MR) is 90.9 cm³/mol. The smallest absolute Gasteiger partial charge is 0.404 e. The highest BCUT2D eigenvalue weighted by molar-refractivity contribution is 7.84. The van der Waals surface area contributed by atoms with Gasteiger partial charge < -0.3 is 21.5 Å². The minimum absolute atomic E-state index is 0.313. The molecule has 0 aliphatic carbocycles. The van der Waals surface area contributed by atoms with E-state index < -0.39 is 22.9 Å². The van der Waals surface area contributed by atoms with Gasteiger partial charge >= 0.3 is 6.09 Å². The fourth-order valence-corrected chi connectivity index (χ4v) is 2.57. The molecule has 0 aliphatic heterocycles. The SMILES string of the molecule is CS(=O)CC[C@@H](N)C(=O)Nc1ccccc1CCCNC(=O)O. The summed E-state index contributed by atoms with van der Waals surface area (Å²) in [7, 11) is -0.978. The van der Waals surface area contributed by atoms with Crippen molar-refractivity contribution in [1.29, 1.82) is 0 Å². The Morgan fingerprint density at radius 3 is 2.70 bits per heavy atom. The van der Waals surface area contributed by atoms with E-state index in [4.69, 9.17) is 10.8 Å². The lowest BCUT2D eigenvalue weighted by atomic mass is 10.1. The van der Waals surface area contributed by atoms with Gasteiger partial charge in [-0.3, -0.25) is 9.00 Å². The summed E-state index contributed by atoms with van der Waals surface area (Å²) in [6.45, 7) is 0.347. The molecule has 1 aromatic rings.